The molecule has 0 aliphatic carbocycles. The third-order valence-corrected chi connectivity index (χ3v) is 4.82. The number of hydrogen-bond donors (Lipinski definition) is 1. The second-order valence-electron chi connectivity index (χ2n) is 5.62. The Kier molecular flexibility index (Phi) is 5.89. The molecule has 0 aliphatic heterocycles. The van der Waals surface area contributed by atoms with Gasteiger partial charge in [-0.3, -0.25) is 0 Å². The van der Waals surface area contributed by atoms with Crippen molar-refractivity contribution in [3.8, 4) is 0 Å². The Morgan fingerprint density at radius 2 is 1.76 bits per heavy atom. The molecule has 1 N–H and O–H groups in total. The summed E-state index contributed by atoms with van der Waals surface area (Å²) in [5.41, 5.74) is 4.03. The molecule has 2 rings (SSSR count). The van der Waals surface area contributed by atoms with E-state index in [0.29, 0.717) is 6.04 Å². The van der Waals surface area contributed by atoms with Crippen LogP contribution in [0.5, 0.6) is 0 Å². The maximum absolute atomic E-state index is 3.53. The Hall–Kier alpha value is -1.25. The summed E-state index contributed by atoms with van der Waals surface area (Å²) in [4.78, 5) is 2.64. The highest BCUT2D eigenvalue weighted by molar-refractivity contribution is 7.99. The molecule has 0 fully saturated rings. The quantitative estimate of drug-likeness (QED) is 0.754. The van der Waals surface area contributed by atoms with Crippen molar-refractivity contribution in [1.82, 2.24) is 5.32 Å². The first-order valence-corrected chi connectivity index (χ1v) is 8.50. The number of benzene rings is 2. The number of aryl methyl sites for hydroxylation is 2. The Morgan fingerprint density at radius 3 is 2.38 bits per heavy atom. The second-order valence-corrected chi connectivity index (χ2v) is 6.73. The van der Waals surface area contributed by atoms with Gasteiger partial charge in [-0.05, 0) is 63.1 Å². The third kappa shape index (κ3) is 4.62. The number of rotatable bonds is 6. The summed E-state index contributed by atoms with van der Waals surface area (Å²) < 4.78 is 0. The summed E-state index contributed by atoms with van der Waals surface area (Å²) in [5, 5.41) is 3.53. The summed E-state index contributed by atoms with van der Waals surface area (Å²) in [5.74, 6) is 0. The van der Waals surface area contributed by atoms with E-state index >= 15 is 0 Å². The molecule has 0 amide bonds. The molecular weight excluding hydrogens is 274 g/mol. The van der Waals surface area contributed by atoms with Gasteiger partial charge in [0, 0.05) is 15.8 Å². The molecule has 2 heteroatoms. The first-order chi connectivity index (χ1) is 10.1. The molecule has 0 aromatic heterocycles. The topological polar surface area (TPSA) is 12.0 Å². The van der Waals surface area contributed by atoms with Gasteiger partial charge in [-0.1, -0.05) is 48.5 Å². The second kappa shape index (κ2) is 7.67. The largest absolute Gasteiger partial charge is 0.310 e. The summed E-state index contributed by atoms with van der Waals surface area (Å²) in [6.45, 7) is 9.81. The predicted octanol–water partition coefficient (Wildman–Crippen LogP) is 5.52. The summed E-state index contributed by atoms with van der Waals surface area (Å²) in [7, 11) is 0. The summed E-state index contributed by atoms with van der Waals surface area (Å²) in [6, 6.07) is 16.0. The number of nitrogens with one attached hydrogen (secondary N) is 1. The van der Waals surface area contributed by atoms with Gasteiger partial charge in [-0.15, -0.1) is 0 Å². The number of hydrogen-bond acceptors (Lipinski definition) is 2. The normalized spacial score (nSPS) is 12.4. The average molecular weight is 299 g/mol. The van der Waals surface area contributed by atoms with Gasteiger partial charge in [-0.25, -0.2) is 0 Å². The van der Waals surface area contributed by atoms with Crippen LogP contribution >= 0.6 is 11.8 Å². The lowest BCUT2D eigenvalue weighted by atomic mass is 10.1. The molecule has 1 atom stereocenters. The summed E-state index contributed by atoms with van der Waals surface area (Å²) in [6.07, 6.45) is 1.17. The molecule has 0 spiro atoms. The van der Waals surface area contributed by atoms with Gasteiger partial charge in [0.2, 0.25) is 0 Å². The monoisotopic (exact) mass is 299 g/mol. The van der Waals surface area contributed by atoms with Crippen LogP contribution in [0.1, 0.15) is 43.0 Å². The minimum atomic E-state index is 0.421. The van der Waals surface area contributed by atoms with Crippen molar-refractivity contribution in [3.05, 3.63) is 59.2 Å². The van der Waals surface area contributed by atoms with Crippen LogP contribution in [0.4, 0.5) is 0 Å². The molecule has 1 unspecified atom stereocenters. The van der Waals surface area contributed by atoms with Crippen LogP contribution in [0.2, 0.25) is 0 Å². The van der Waals surface area contributed by atoms with E-state index in [1.807, 2.05) is 11.8 Å². The average Bonchev–Trinajstić information content (AvgIpc) is 2.48. The standard InChI is InChI=1S/C19H25NS/c1-5-12-20-16(4)17-7-9-18(10-8-17)21-19-11-6-14(2)13-15(19)3/h6-11,13,16,20H,5,12H2,1-4H3. The van der Waals surface area contributed by atoms with Crippen LogP contribution in [-0.2, 0) is 0 Å². The Balaban J connectivity index is 2.05. The third-order valence-electron chi connectivity index (χ3n) is 3.64. The lowest BCUT2D eigenvalue weighted by Gasteiger charge is -2.14. The van der Waals surface area contributed by atoms with E-state index in [1.54, 1.807) is 0 Å². The fourth-order valence-electron chi connectivity index (χ4n) is 2.34. The van der Waals surface area contributed by atoms with E-state index in [0.717, 1.165) is 6.54 Å². The Bertz CT molecular complexity index is 575. The lowest BCUT2D eigenvalue weighted by molar-refractivity contribution is 0.570. The van der Waals surface area contributed by atoms with Gasteiger partial charge in [0.25, 0.3) is 0 Å². The first kappa shape index (κ1) is 16.1. The van der Waals surface area contributed by atoms with Crippen LogP contribution in [0.25, 0.3) is 0 Å². The van der Waals surface area contributed by atoms with Crippen LogP contribution in [0.3, 0.4) is 0 Å². The van der Waals surface area contributed by atoms with Crippen LogP contribution < -0.4 is 5.32 Å². The lowest BCUT2D eigenvalue weighted by Crippen LogP contribution is -2.19. The molecule has 2 aromatic carbocycles. The van der Waals surface area contributed by atoms with Crippen molar-refractivity contribution in [3.63, 3.8) is 0 Å². The van der Waals surface area contributed by atoms with Gasteiger partial charge in [0.05, 0.1) is 0 Å². The van der Waals surface area contributed by atoms with Crippen molar-refractivity contribution in [1.29, 1.82) is 0 Å². The zero-order valence-electron chi connectivity index (χ0n) is 13.4. The molecule has 0 heterocycles. The van der Waals surface area contributed by atoms with E-state index in [2.05, 4.69) is 75.5 Å². The van der Waals surface area contributed by atoms with E-state index in [-0.39, 0.29) is 0 Å². The maximum Gasteiger partial charge on any atom is 0.0291 e. The predicted molar refractivity (Wildman–Crippen MR) is 93.2 cm³/mol. The minimum absolute atomic E-state index is 0.421. The highest BCUT2D eigenvalue weighted by Crippen LogP contribution is 2.31. The van der Waals surface area contributed by atoms with E-state index in [4.69, 9.17) is 0 Å². The van der Waals surface area contributed by atoms with Crippen molar-refractivity contribution in [2.45, 2.75) is 49.9 Å². The molecule has 0 saturated carbocycles. The minimum Gasteiger partial charge on any atom is -0.310 e. The van der Waals surface area contributed by atoms with Crippen molar-refractivity contribution in [2.24, 2.45) is 0 Å². The van der Waals surface area contributed by atoms with Gasteiger partial charge in [0.1, 0.15) is 0 Å². The SMILES string of the molecule is CCCNC(C)c1ccc(Sc2ccc(C)cc2C)cc1. The molecule has 112 valence electrons. The highest BCUT2D eigenvalue weighted by atomic mass is 32.2. The van der Waals surface area contributed by atoms with Gasteiger partial charge >= 0.3 is 0 Å². The highest BCUT2D eigenvalue weighted by Gasteiger charge is 2.05. The van der Waals surface area contributed by atoms with Gasteiger partial charge in [-0.2, -0.15) is 0 Å². The molecule has 0 saturated heterocycles. The van der Waals surface area contributed by atoms with Crippen molar-refractivity contribution < 1.29 is 0 Å². The fraction of sp³-hybridized carbons (Fsp3) is 0.368. The zero-order chi connectivity index (χ0) is 15.2. The Labute approximate surface area is 133 Å². The van der Waals surface area contributed by atoms with Crippen LogP contribution in [0, 0.1) is 13.8 Å². The van der Waals surface area contributed by atoms with Crippen LogP contribution in [0.15, 0.2) is 52.3 Å². The maximum atomic E-state index is 3.53. The molecule has 0 radical (unpaired) electrons. The fourth-order valence-corrected chi connectivity index (χ4v) is 3.23. The molecular formula is C19H25NS. The molecule has 0 bridgehead atoms. The summed E-state index contributed by atoms with van der Waals surface area (Å²) >= 11 is 1.84. The van der Waals surface area contributed by atoms with E-state index < -0.39 is 0 Å². The van der Waals surface area contributed by atoms with E-state index in [1.165, 1.54) is 32.9 Å². The van der Waals surface area contributed by atoms with E-state index in [9.17, 15) is 0 Å². The van der Waals surface area contributed by atoms with Crippen LogP contribution in [-0.4, -0.2) is 6.54 Å². The molecule has 2 aromatic rings. The van der Waals surface area contributed by atoms with Crippen molar-refractivity contribution >= 4 is 11.8 Å². The zero-order valence-corrected chi connectivity index (χ0v) is 14.3. The smallest absolute Gasteiger partial charge is 0.0291 e. The molecule has 0 aliphatic rings. The first-order valence-electron chi connectivity index (χ1n) is 7.68. The van der Waals surface area contributed by atoms with Gasteiger partial charge in [0.15, 0.2) is 0 Å². The Morgan fingerprint density at radius 1 is 1.05 bits per heavy atom. The van der Waals surface area contributed by atoms with Crippen molar-refractivity contribution in [2.75, 3.05) is 6.54 Å². The molecule has 1 nitrogen and oxygen atoms in total. The van der Waals surface area contributed by atoms with Gasteiger partial charge < -0.3 is 5.32 Å². The molecule has 21 heavy (non-hydrogen) atoms.